The maximum Gasteiger partial charge on any atom is 2.00 e. The van der Waals surface area contributed by atoms with Gasteiger partial charge in [0.05, 0.1) is 0 Å². The van der Waals surface area contributed by atoms with Crippen LogP contribution >= 0.6 is 18.5 Å². The van der Waals surface area contributed by atoms with E-state index in [0.29, 0.717) is 0 Å². The van der Waals surface area contributed by atoms with Crippen molar-refractivity contribution in [1.29, 1.82) is 0 Å². The van der Waals surface area contributed by atoms with Crippen LogP contribution in [0.1, 0.15) is 80.7 Å². The number of aromatic nitrogens is 2. The molecule has 216 valence electrons. The first-order chi connectivity index (χ1) is 19.3. The van der Waals surface area contributed by atoms with E-state index in [9.17, 15) is 0 Å². The molecular formula is C36H44FeN2P2. The minimum atomic E-state index is -0.379. The first-order valence-electron chi connectivity index (χ1n) is 15.0. The van der Waals surface area contributed by atoms with Gasteiger partial charge < -0.3 is 0 Å². The van der Waals surface area contributed by atoms with Gasteiger partial charge in [-0.1, -0.05) is 51.2 Å². The predicted octanol–water partition coefficient (Wildman–Crippen LogP) is 8.63. The molecule has 2 nitrogen and oxygen atoms in total. The topological polar surface area (TPSA) is 25.8 Å². The summed E-state index contributed by atoms with van der Waals surface area (Å²) >= 11 is 0. The summed E-state index contributed by atoms with van der Waals surface area (Å²) in [6.07, 6.45) is 16.2. The molecule has 41 heavy (non-hydrogen) atoms. The second-order valence-electron chi connectivity index (χ2n) is 13.7. The van der Waals surface area contributed by atoms with Crippen LogP contribution in [0.15, 0.2) is 91.5 Å². The van der Waals surface area contributed by atoms with Crippen LogP contribution in [-0.4, -0.2) is 16.1 Å². The Morgan fingerprint density at radius 2 is 1.49 bits per heavy atom. The Bertz CT molecular complexity index is 1320. The second-order valence-corrected chi connectivity index (χ2v) is 15.0. The fourth-order valence-corrected chi connectivity index (χ4v) is 10.1. The molecule has 0 aliphatic heterocycles. The van der Waals surface area contributed by atoms with Crippen LogP contribution in [0.5, 0.6) is 0 Å². The molecule has 0 N–H and O–H groups in total. The van der Waals surface area contributed by atoms with Gasteiger partial charge in [-0.15, -0.1) is 24.0 Å². The standard InChI is InChI=1S/C31H39N2P2.C5H5.Fe/c1-29(2,3)25-13-26(30-15-20-10-21(16-30)12-22(11-20)28(30)19-34)27(14-25)31(35,23-6-4-8-32-17-23)24-7-5-9-33-18-24;1-2-4-5-3-1;/h4-9,13-14,17-18,20-22,28H,10-12,15-16,19,34-35H2,1-3H3;1-5H;/q2*-1;+2. The first kappa shape index (κ1) is 30.8. The van der Waals surface area contributed by atoms with Crippen molar-refractivity contribution in [3.05, 3.63) is 119 Å². The first-order valence-corrected chi connectivity index (χ1v) is 16.4. The molecule has 4 fully saturated rings. The molecule has 4 aromatic rings. The van der Waals surface area contributed by atoms with Gasteiger partial charge in [0.25, 0.3) is 0 Å². The maximum atomic E-state index is 4.57. The molecule has 4 bridgehead atoms. The van der Waals surface area contributed by atoms with Crippen LogP contribution in [-0.2, 0) is 33.1 Å². The number of pyridine rings is 2. The van der Waals surface area contributed by atoms with Crippen LogP contribution in [0, 0.1) is 23.7 Å². The fourth-order valence-electron chi connectivity index (χ4n) is 8.65. The molecule has 0 saturated heterocycles. The van der Waals surface area contributed by atoms with E-state index in [-0.39, 0.29) is 33.1 Å². The van der Waals surface area contributed by atoms with Crippen LogP contribution in [0.25, 0.3) is 0 Å². The summed E-state index contributed by atoms with van der Waals surface area (Å²) < 4.78 is 0. The molecule has 2 aromatic heterocycles. The van der Waals surface area contributed by atoms with Crippen LogP contribution in [0.2, 0.25) is 0 Å². The second kappa shape index (κ2) is 12.2. The molecule has 5 unspecified atom stereocenters. The van der Waals surface area contributed by atoms with Crippen molar-refractivity contribution in [2.45, 2.75) is 68.9 Å². The Morgan fingerprint density at radius 3 is 1.93 bits per heavy atom. The Labute approximate surface area is 262 Å². The van der Waals surface area contributed by atoms with Crippen molar-refractivity contribution >= 4 is 18.5 Å². The normalized spacial score (nSPS) is 26.7. The summed E-state index contributed by atoms with van der Waals surface area (Å²) in [6.45, 7) is 7.09. The average Bonchev–Trinajstić information content (AvgIpc) is 3.68. The molecular weight excluding hydrogens is 578 g/mol. The molecule has 2 aromatic carbocycles. The smallest absolute Gasteiger partial charge is 0.264 e. The van der Waals surface area contributed by atoms with Crippen molar-refractivity contribution in [3.63, 3.8) is 0 Å². The summed E-state index contributed by atoms with van der Waals surface area (Å²) in [6, 6.07) is 23.8. The van der Waals surface area contributed by atoms with E-state index in [4.69, 9.17) is 0 Å². The van der Waals surface area contributed by atoms with Crippen LogP contribution < -0.4 is 0 Å². The van der Waals surface area contributed by atoms with E-state index in [1.165, 1.54) is 60.5 Å². The Hall–Kier alpha value is -1.62. The third-order valence-electron chi connectivity index (χ3n) is 10.3. The predicted molar refractivity (Wildman–Crippen MR) is 174 cm³/mol. The molecule has 4 saturated carbocycles. The number of nitrogens with zero attached hydrogens (tertiary/aromatic N) is 2. The zero-order chi connectivity index (χ0) is 28.0. The molecule has 0 amide bonds. The van der Waals surface area contributed by atoms with E-state index in [0.717, 1.165) is 23.7 Å². The minimum absolute atomic E-state index is 0. The van der Waals surface area contributed by atoms with Crippen molar-refractivity contribution < 1.29 is 17.1 Å². The van der Waals surface area contributed by atoms with Gasteiger partial charge >= 0.3 is 17.1 Å². The largest absolute Gasteiger partial charge is 2.00 e. The van der Waals surface area contributed by atoms with Crippen molar-refractivity contribution in [2.75, 3.05) is 6.16 Å². The van der Waals surface area contributed by atoms with Gasteiger partial charge in [-0.05, 0) is 77.8 Å². The monoisotopic (exact) mass is 622 g/mol. The van der Waals surface area contributed by atoms with Gasteiger partial charge in [-0.3, -0.25) is 9.97 Å². The van der Waals surface area contributed by atoms with Gasteiger partial charge in [0.15, 0.2) is 0 Å². The molecule has 4 aliphatic rings. The third-order valence-corrected chi connectivity index (χ3v) is 11.8. The fraction of sp³-hybridized carbons (Fsp3) is 0.444. The Kier molecular flexibility index (Phi) is 9.15. The van der Waals surface area contributed by atoms with Gasteiger partial charge in [0, 0.05) is 29.9 Å². The summed E-state index contributed by atoms with van der Waals surface area (Å²) in [5.41, 5.74) is 7.36. The number of hydrogen-bond donors (Lipinski definition) is 0. The van der Waals surface area contributed by atoms with Crippen molar-refractivity contribution in [1.82, 2.24) is 9.97 Å². The summed E-state index contributed by atoms with van der Waals surface area (Å²) in [7, 11) is 6.44. The number of hydrogen-bond acceptors (Lipinski definition) is 2. The van der Waals surface area contributed by atoms with Crippen molar-refractivity contribution in [2.24, 2.45) is 23.7 Å². The molecule has 2 heterocycles. The molecule has 8 rings (SSSR count). The molecule has 0 radical (unpaired) electrons. The van der Waals surface area contributed by atoms with E-state index in [1.807, 2.05) is 42.7 Å². The zero-order valence-electron chi connectivity index (χ0n) is 24.6. The third kappa shape index (κ3) is 5.58. The van der Waals surface area contributed by atoms with Crippen LogP contribution in [0.4, 0.5) is 0 Å². The van der Waals surface area contributed by atoms with Crippen LogP contribution in [0.3, 0.4) is 0 Å². The minimum Gasteiger partial charge on any atom is -0.264 e. The zero-order valence-corrected chi connectivity index (χ0v) is 28.0. The quantitative estimate of drug-likeness (QED) is 0.127. The summed E-state index contributed by atoms with van der Waals surface area (Å²) in [4.78, 5) is 9.15. The Morgan fingerprint density at radius 1 is 0.902 bits per heavy atom. The summed E-state index contributed by atoms with van der Waals surface area (Å²) in [5.74, 6) is 3.44. The van der Waals surface area contributed by atoms with Gasteiger partial charge in [0.2, 0.25) is 0 Å². The molecule has 5 atom stereocenters. The van der Waals surface area contributed by atoms with Crippen molar-refractivity contribution in [3.8, 4) is 0 Å². The molecule has 5 heteroatoms. The van der Waals surface area contributed by atoms with Gasteiger partial charge in [0.1, 0.15) is 0 Å². The number of rotatable bonds is 5. The average molecular weight is 623 g/mol. The van der Waals surface area contributed by atoms with E-state index < -0.39 is 0 Å². The molecule has 4 aliphatic carbocycles. The van der Waals surface area contributed by atoms with Gasteiger partial charge in [-0.25, -0.2) is 18.2 Å². The Balaban J connectivity index is 0.000000510. The van der Waals surface area contributed by atoms with E-state index in [2.05, 4.69) is 98.0 Å². The summed E-state index contributed by atoms with van der Waals surface area (Å²) in [5, 5.41) is -0.379. The SMILES string of the molecule is CC(C)(C)c1cc(C23CC4CC(CC(C4)C2CP)C3)c(C(P)(c2cccnc2)c2cccnc2)[cH-]1.[Fe+2].c1cc[cH-]c1. The molecule has 0 spiro atoms. The van der Waals surface area contributed by atoms with E-state index in [1.54, 1.807) is 5.56 Å². The maximum absolute atomic E-state index is 4.57. The van der Waals surface area contributed by atoms with Gasteiger partial charge in [-0.2, -0.15) is 35.4 Å². The van der Waals surface area contributed by atoms with E-state index >= 15 is 0 Å².